The number of hydrogen-bond acceptors (Lipinski definition) is 5. The van der Waals surface area contributed by atoms with Crippen LogP contribution < -0.4 is 0 Å². The van der Waals surface area contributed by atoms with Crippen molar-refractivity contribution in [2.24, 2.45) is 5.92 Å². The average Bonchev–Trinajstić information content (AvgIpc) is 2.47. The summed E-state index contributed by atoms with van der Waals surface area (Å²) in [6.45, 7) is 4.33. The minimum absolute atomic E-state index is 0.0608. The highest BCUT2D eigenvalue weighted by molar-refractivity contribution is 7.53. The molecule has 0 bridgehead atoms. The Bertz CT molecular complexity index is 347. The van der Waals surface area contributed by atoms with Gasteiger partial charge in [0.05, 0.1) is 19.4 Å². The molecule has 6 nitrogen and oxygen atoms in total. The molecule has 1 aliphatic rings. The van der Waals surface area contributed by atoms with E-state index in [-0.39, 0.29) is 24.5 Å². The second-order valence-electron chi connectivity index (χ2n) is 5.32. The fourth-order valence-corrected chi connectivity index (χ4v) is 4.29. The highest BCUT2D eigenvalue weighted by atomic mass is 31.2. The van der Waals surface area contributed by atoms with Crippen molar-refractivity contribution in [1.82, 2.24) is 5.06 Å². The molecule has 0 aromatic carbocycles. The van der Waals surface area contributed by atoms with Crippen molar-refractivity contribution in [2.75, 3.05) is 25.9 Å². The van der Waals surface area contributed by atoms with E-state index in [9.17, 15) is 14.6 Å². The highest BCUT2D eigenvalue weighted by Crippen LogP contribution is 2.48. The molecule has 1 N–H and O–H groups in total. The first-order valence-corrected chi connectivity index (χ1v) is 9.63. The van der Waals surface area contributed by atoms with E-state index in [4.69, 9.17) is 9.05 Å². The second kappa shape index (κ2) is 9.57. The van der Waals surface area contributed by atoms with Gasteiger partial charge in [0, 0.05) is 12.5 Å². The van der Waals surface area contributed by atoms with Gasteiger partial charge in [0.15, 0.2) is 0 Å². The van der Waals surface area contributed by atoms with Crippen molar-refractivity contribution in [3.63, 3.8) is 0 Å². The molecule has 0 saturated heterocycles. The summed E-state index contributed by atoms with van der Waals surface area (Å²) in [6, 6.07) is 0. The second-order valence-corrected chi connectivity index (χ2v) is 7.51. The fourth-order valence-electron chi connectivity index (χ4n) is 2.64. The third-order valence-corrected chi connectivity index (χ3v) is 5.83. The van der Waals surface area contributed by atoms with Crippen LogP contribution in [0.15, 0.2) is 0 Å². The Hall–Kier alpha value is -0.420. The lowest BCUT2D eigenvalue weighted by Crippen LogP contribution is -2.35. The first kappa shape index (κ1) is 18.6. The lowest BCUT2D eigenvalue weighted by atomic mass is 9.88. The van der Waals surface area contributed by atoms with Gasteiger partial charge in [-0.3, -0.25) is 14.6 Å². The first-order chi connectivity index (χ1) is 10.0. The van der Waals surface area contributed by atoms with E-state index in [0.29, 0.717) is 19.6 Å². The van der Waals surface area contributed by atoms with Crippen molar-refractivity contribution >= 4 is 13.5 Å². The molecule has 1 amide bonds. The van der Waals surface area contributed by atoms with E-state index >= 15 is 0 Å². The van der Waals surface area contributed by atoms with Gasteiger partial charge in [-0.15, -0.1) is 0 Å². The molecular formula is C14H28NO5P. The van der Waals surface area contributed by atoms with Gasteiger partial charge in [0.1, 0.15) is 0 Å². The number of amides is 1. The zero-order chi connectivity index (χ0) is 15.7. The van der Waals surface area contributed by atoms with Gasteiger partial charge in [-0.1, -0.05) is 19.3 Å². The average molecular weight is 321 g/mol. The fraction of sp³-hybridized carbons (Fsp3) is 0.929. The largest absolute Gasteiger partial charge is 0.330 e. The summed E-state index contributed by atoms with van der Waals surface area (Å²) >= 11 is 0. The van der Waals surface area contributed by atoms with Crippen molar-refractivity contribution in [1.29, 1.82) is 0 Å². The summed E-state index contributed by atoms with van der Waals surface area (Å²) in [5, 5.41) is 10.6. The van der Waals surface area contributed by atoms with Crippen molar-refractivity contribution in [2.45, 2.75) is 52.4 Å². The van der Waals surface area contributed by atoms with Crippen molar-refractivity contribution in [3.05, 3.63) is 0 Å². The predicted molar refractivity (Wildman–Crippen MR) is 80.4 cm³/mol. The molecule has 1 fully saturated rings. The Morgan fingerprint density at radius 2 is 1.76 bits per heavy atom. The van der Waals surface area contributed by atoms with Crippen molar-refractivity contribution in [3.8, 4) is 0 Å². The van der Waals surface area contributed by atoms with E-state index in [1.54, 1.807) is 13.8 Å². The minimum atomic E-state index is -3.09. The maximum absolute atomic E-state index is 12.2. The maximum Gasteiger partial charge on any atom is 0.330 e. The molecule has 0 aromatic rings. The lowest BCUT2D eigenvalue weighted by molar-refractivity contribution is -0.171. The van der Waals surface area contributed by atoms with Gasteiger partial charge >= 0.3 is 7.60 Å². The molecule has 0 radical (unpaired) electrons. The Morgan fingerprint density at radius 3 is 2.29 bits per heavy atom. The quantitative estimate of drug-likeness (QED) is 0.400. The van der Waals surface area contributed by atoms with Gasteiger partial charge in [0.25, 0.3) is 0 Å². The van der Waals surface area contributed by atoms with Gasteiger partial charge in [-0.25, -0.2) is 5.06 Å². The molecular weight excluding hydrogens is 293 g/mol. The van der Waals surface area contributed by atoms with Crippen LogP contribution >= 0.6 is 7.60 Å². The SMILES string of the molecule is CCOP(=O)(CCCN(O)C(=O)C1CCCCC1)OCC. The molecule has 0 aliphatic heterocycles. The van der Waals surface area contributed by atoms with Crippen LogP contribution in [0, 0.1) is 5.92 Å². The van der Waals surface area contributed by atoms with Crippen LogP contribution in [0.1, 0.15) is 52.4 Å². The van der Waals surface area contributed by atoms with Crippen LogP contribution in [0.5, 0.6) is 0 Å². The van der Waals surface area contributed by atoms with E-state index in [0.717, 1.165) is 30.7 Å². The number of nitrogens with zero attached hydrogens (tertiary/aromatic N) is 1. The smallest absolute Gasteiger partial charge is 0.309 e. The molecule has 0 atom stereocenters. The zero-order valence-electron chi connectivity index (χ0n) is 13.1. The summed E-state index contributed by atoms with van der Waals surface area (Å²) in [7, 11) is -3.09. The summed E-state index contributed by atoms with van der Waals surface area (Å²) in [6.07, 6.45) is 5.58. The molecule has 0 unspecified atom stereocenters. The lowest BCUT2D eigenvalue weighted by Gasteiger charge is -2.25. The molecule has 1 saturated carbocycles. The Morgan fingerprint density at radius 1 is 1.19 bits per heavy atom. The first-order valence-electron chi connectivity index (χ1n) is 7.90. The van der Waals surface area contributed by atoms with Gasteiger partial charge in [-0.05, 0) is 33.1 Å². The minimum Gasteiger partial charge on any atom is -0.309 e. The topological polar surface area (TPSA) is 76.1 Å². The van der Waals surface area contributed by atoms with Crippen LogP contribution in [-0.4, -0.2) is 42.1 Å². The molecule has 0 aromatic heterocycles. The van der Waals surface area contributed by atoms with Crippen LogP contribution in [0.3, 0.4) is 0 Å². The third-order valence-electron chi connectivity index (χ3n) is 3.66. The molecule has 7 heteroatoms. The maximum atomic E-state index is 12.2. The van der Waals surface area contributed by atoms with Crippen LogP contribution in [0.25, 0.3) is 0 Å². The molecule has 0 spiro atoms. The van der Waals surface area contributed by atoms with Crippen LogP contribution in [0.2, 0.25) is 0 Å². The third kappa shape index (κ3) is 6.47. The van der Waals surface area contributed by atoms with Gasteiger partial charge < -0.3 is 9.05 Å². The van der Waals surface area contributed by atoms with Crippen molar-refractivity contribution < 1.29 is 23.6 Å². The molecule has 0 heterocycles. The Kier molecular flexibility index (Phi) is 8.49. The predicted octanol–water partition coefficient (Wildman–Crippen LogP) is 3.44. The number of carbonyl (C=O) groups is 1. The summed E-state index contributed by atoms with van der Waals surface area (Å²) in [5.74, 6) is -0.272. The van der Waals surface area contributed by atoms with Gasteiger partial charge in [-0.2, -0.15) is 0 Å². The zero-order valence-corrected chi connectivity index (χ0v) is 14.0. The normalized spacial score (nSPS) is 16.9. The molecule has 21 heavy (non-hydrogen) atoms. The molecule has 124 valence electrons. The number of carbonyl (C=O) groups excluding carboxylic acids is 1. The monoisotopic (exact) mass is 321 g/mol. The number of hydroxylamine groups is 2. The standard InChI is InChI=1S/C14H28NO5P/c1-3-19-21(18,20-4-2)12-8-11-15(17)14(16)13-9-6-5-7-10-13/h13,17H,3-12H2,1-2H3. The summed E-state index contributed by atoms with van der Waals surface area (Å²) < 4.78 is 22.6. The van der Waals surface area contributed by atoms with E-state index in [2.05, 4.69) is 0 Å². The van der Waals surface area contributed by atoms with Crippen LogP contribution in [-0.2, 0) is 18.4 Å². The summed E-state index contributed by atoms with van der Waals surface area (Å²) in [5.41, 5.74) is 0. The van der Waals surface area contributed by atoms with Crippen LogP contribution in [0.4, 0.5) is 0 Å². The Labute approximate surface area is 127 Å². The molecule has 1 aliphatic carbocycles. The number of hydrogen-bond donors (Lipinski definition) is 1. The number of rotatable bonds is 9. The van der Waals surface area contributed by atoms with E-state index < -0.39 is 7.60 Å². The Balaban J connectivity index is 2.35. The highest BCUT2D eigenvalue weighted by Gasteiger charge is 2.27. The van der Waals surface area contributed by atoms with E-state index in [1.807, 2.05) is 0 Å². The summed E-state index contributed by atoms with van der Waals surface area (Å²) in [4.78, 5) is 12.0. The molecule has 1 rings (SSSR count). The van der Waals surface area contributed by atoms with Gasteiger partial charge in [0.2, 0.25) is 5.91 Å². The van der Waals surface area contributed by atoms with E-state index in [1.165, 1.54) is 6.42 Å².